The Hall–Kier alpha value is -1.81. The van der Waals surface area contributed by atoms with Crippen LogP contribution in [0.25, 0.3) is 16.8 Å². The summed E-state index contributed by atoms with van der Waals surface area (Å²) in [4.78, 5) is 6.73. The second-order valence-corrected chi connectivity index (χ2v) is 9.60. The van der Waals surface area contributed by atoms with E-state index >= 15 is 0 Å². The topological polar surface area (TPSA) is 26.7 Å². The maximum atomic E-state index is 5.02. The van der Waals surface area contributed by atoms with Gasteiger partial charge in [-0.1, -0.05) is 12.1 Å². The van der Waals surface area contributed by atoms with Crippen molar-refractivity contribution in [1.29, 1.82) is 0 Å². The summed E-state index contributed by atoms with van der Waals surface area (Å²) in [6, 6.07) is 8.60. The standard InChI is InChI=1S/C22H28N4/c1-24(22-10-15-7-16(11-22)9-17(8-15)12-22)13-18-14-26-20-6-4-3-5-19(20)25(2)21(26)23-18/h3-6,14-17H,7-13H2,1-2H3/p+1. The van der Waals surface area contributed by atoms with Gasteiger partial charge in [0.05, 0.1) is 23.6 Å². The molecule has 1 unspecified atom stereocenters. The lowest BCUT2D eigenvalue weighted by Gasteiger charge is -2.57. The summed E-state index contributed by atoms with van der Waals surface area (Å²) in [7, 11) is 4.57. The normalized spacial score (nSPS) is 34.2. The molecule has 4 aliphatic rings. The minimum Gasteiger partial charge on any atom is -0.327 e. The van der Waals surface area contributed by atoms with Gasteiger partial charge in [-0.3, -0.25) is 4.40 Å². The van der Waals surface area contributed by atoms with E-state index in [4.69, 9.17) is 4.98 Å². The highest BCUT2D eigenvalue weighted by atomic mass is 15.2. The summed E-state index contributed by atoms with van der Waals surface area (Å²) in [6.07, 6.45) is 11.2. The van der Waals surface area contributed by atoms with Crippen molar-refractivity contribution in [2.45, 2.75) is 50.6 Å². The molecular formula is C22H29N4+. The van der Waals surface area contributed by atoms with E-state index in [9.17, 15) is 0 Å². The zero-order chi connectivity index (χ0) is 17.5. The summed E-state index contributed by atoms with van der Waals surface area (Å²) >= 11 is 0. The van der Waals surface area contributed by atoms with Gasteiger partial charge in [0.2, 0.25) is 5.78 Å². The van der Waals surface area contributed by atoms with E-state index in [-0.39, 0.29) is 0 Å². The molecule has 4 fully saturated rings. The molecule has 0 aliphatic heterocycles. The summed E-state index contributed by atoms with van der Waals surface area (Å²) < 4.78 is 4.50. The number of hydrogen-bond acceptors (Lipinski definition) is 1. The lowest BCUT2D eigenvalue weighted by Crippen LogP contribution is -3.17. The molecule has 4 saturated carbocycles. The van der Waals surface area contributed by atoms with Gasteiger partial charge in [-0.15, -0.1) is 0 Å². The molecule has 4 bridgehead atoms. The summed E-state index contributed by atoms with van der Waals surface area (Å²) in [5, 5.41) is 0. The fourth-order valence-electron chi connectivity index (χ4n) is 7.07. The zero-order valence-electron chi connectivity index (χ0n) is 15.9. The molecule has 4 nitrogen and oxygen atoms in total. The fourth-order valence-corrected chi connectivity index (χ4v) is 7.07. The van der Waals surface area contributed by atoms with Gasteiger partial charge in [-0.05, 0) is 49.1 Å². The maximum Gasteiger partial charge on any atom is 0.215 e. The Kier molecular flexibility index (Phi) is 3.01. The van der Waals surface area contributed by atoms with E-state index in [0.717, 1.165) is 30.1 Å². The molecule has 1 aromatic carbocycles. The number of benzene rings is 1. The Balaban J connectivity index is 1.33. The SMILES string of the molecule is Cn1c2ccccc2n2cc(C[NH+](C)C34CC5CC(CC(C5)C3)C4)nc12. The predicted molar refractivity (Wildman–Crippen MR) is 103 cm³/mol. The third-order valence-electron chi connectivity index (χ3n) is 7.93. The van der Waals surface area contributed by atoms with Gasteiger partial charge >= 0.3 is 0 Å². The third-order valence-corrected chi connectivity index (χ3v) is 7.93. The highest BCUT2D eigenvalue weighted by Gasteiger charge is 2.55. The van der Waals surface area contributed by atoms with Crippen LogP contribution >= 0.6 is 0 Å². The molecule has 0 spiro atoms. The molecule has 2 aromatic heterocycles. The van der Waals surface area contributed by atoms with E-state index < -0.39 is 0 Å². The molecule has 0 amide bonds. The molecule has 3 aromatic rings. The summed E-state index contributed by atoms with van der Waals surface area (Å²) in [5.41, 5.74) is 4.29. The monoisotopic (exact) mass is 349 g/mol. The first kappa shape index (κ1) is 15.3. The highest BCUT2D eigenvalue weighted by molar-refractivity contribution is 5.80. The predicted octanol–water partition coefficient (Wildman–Crippen LogP) is 2.81. The summed E-state index contributed by atoms with van der Waals surface area (Å²) in [6.45, 7) is 1.06. The second-order valence-electron chi connectivity index (χ2n) is 9.60. The van der Waals surface area contributed by atoms with Crippen LogP contribution in [-0.4, -0.2) is 26.5 Å². The zero-order valence-corrected chi connectivity index (χ0v) is 15.9. The maximum absolute atomic E-state index is 5.02. The lowest BCUT2D eigenvalue weighted by atomic mass is 9.52. The number of aryl methyl sites for hydroxylation is 1. The van der Waals surface area contributed by atoms with Crippen LogP contribution in [0.15, 0.2) is 30.5 Å². The smallest absolute Gasteiger partial charge is 0.215 e. The van der Waals surface area contributed by atoms with Crippen LogP contribution in [0.3, 0.4) is 0 Å². The molecule has 4 heteroatoms. The Labute approximate surface area is 154 Å². The molecule has 0 radical (unpaired) electrons. The lowest BCUT2D eigenvalue weighted by molar-refractivity contribution is -0.954. The molecule has 7 rings (SSSR count). The number of quaternary nitrogens is 1. The molecule has 2 heterocycles. The molecule has 1 N–H and O–H groups in total. The third kappa shape index (κ3) is 2.02. The molecule has 0 saturated heterocycles. The Morgan fingerprint density at radius 3 is 2.31 bits per heavy atom. The van der Waals surface area contributed by atoms with E-state index in [1.165, 1.54) is 55.3 Å². The molecule has 136 valence electrons. The average Bonchev–Trinajstić information content (AvgIpc) is 3.13. The van der Waals surface area contributed by atoms with Crippen LogP contribution in [0.1, 0.15) is 44.2 Å². The summed E-state index contributed by atoms with van der Waals surface area (Å²) in [5.74, 6) is 4.11. The van der Waals surface area contributed by atoms with Crippen molar-refractivity contribution in [1.82, 2.24) is 14.0 Å². The van der Waals surface area contributed by atoms with Crippen LogP contribution < -0.4 is 4.90 Å². The molecular weight excluding hydrogens is 320 g/mol. The first-order valence-electron chi connectivity index (χ1n) is 10.4. The van der Waals surface area contributed by atoms with E-state index in [1.807, 2.05) is 0 Å². The molecule has 26 heavy (non-hydrogen) atoms. The minimum absolute atomic E-state index is 0.534. The van der Waals surface area contributed by atoms with Crippen LogP contribution in [-0.2, 0) is 13.6 Å². The number of rotatable bonds is 3. The number of aromatic nitrogens is 3. The number of hydrogen-bond donors (Lipinski definition) is 1. The van der Waals surface area contributed by atoms with Gasteiger partial charge in [-0.25, -0.2) is 4.98 Å². The van der Waals surface area contributed by atoms with Crippen molar-refractivity contribution in [3.05, 3.63) is 36.2 Å². The quantitative estimate of drug-likeness (QED) is 0.773. The van der Waals surface area contributed by atoms with Crippen LogP contribution in [0, 0.1) is 17.8 Å². The average molecular weight is 350 g/mol. The van der Waals surface area contributed by atoms with Gasteiger partial charge < -0.3 is 9.47 Å². The number of para-hydroxylation sites is 2. The number of nitrogens with one attached hydrogen (secondary N) is 1. The van der Waals surface area contributed by atoms with Crippen molar-refractivity contribution in [3.8, 4) is 0 Å². The van der Waals surface area contributed by atoms with Crippen molar-refractivity contribution < 1.29 is 4.90 Å². The number of fused-ring (bicyclic) bond motifs is 3. The number of nitrogens with zero attached hydrogens (tertiary/aromatic N) is 3. The van der Waals surface area contributed by atoms with Gasteiger partial charge in [0, 0.05) is 32.5 Å². The Morgan fingerprint density at radius 2 is 1.65 bits per heavy atom. The van der Waals surface area contributed by atoms with Crippen molar-refractivity contribution in [2.75, 3.05) is 7.05 Å². The Bertz CT molecular complexity index is 959. The van der Waals surface area contributed by atoms with Crippen molar-refractivity contribution in [3.63, 3.8) is 0 Å². The highest BCUT2D eigenvalue weighted by Crippen LogP contribution is 2.54. The van der Waals surface area contributed by atoms with Gasteiger partial charge in [0.15, 0.2) is 0 Å². The molecule has 4 aliphatic carbocycles. The van der Waals surface area contributed by atoms with Gasteiger partial charge in [0.1, 0.15) is 12.2 Å². The second kappa shape index (κ2) is 5.13. The van der Waals surface area contributed by atoms with Crippen molar-refractivity contribution >= 4 is 16.8 Å². The van der Waals surface area contributed by atoms with E-state index in [0.29, 0.717) is 5.54 Å². The van der Waals surface area contributed by atoms with Crippen LogP contribution in [0.4, 0.5) is 0 Å². The minimum atomic E-state index is 0.534. The Morgan fingerprint density at radius 1 is 1.04 bits per heavy atom. The fraction of sp³-hybridized carbons (Fsp3) is 0.591. The van der Waals surface area contributed by atoms with Crippen LogP contribution in [0.2, 0.25) is 0 Å². The van der Waals surface area contributed by atoms with Gasteiger partial charge in [0.25, 0.3) is 0 Å². The number of imidazole rings is 2. The molecule has 1 atom stereocenters. The van der Waals surface area contributed by atoms with E-state index in [2.05, 4.69) is 53.5 Å². The van der Waals surface area contributed by atoms with E-state index in [1.54, 1.807) is 4.90 Å². The van der Waals surface area contributed by atoms with Gasteiger partial charge in [-0.2, -0.15) is 0 Å². The first-order valence-corrected chi connectivity index (χ1v) is 10.4. The van der Waals surface area contributed by atoms with Crippen LogP contribution in [0.5, 0.6) is 0 Å². The largest absolute Gasteiger partial charge is 0.327 e. The van der Waals surface area contributed by atoms with Crippen molar-refractivity contribution in [2.24, 2.45) is 24.8 Å². The first-order chi connectivity index (χ1) is 12.6.